The zero-order chi connectivity index (χ0) is 9.73. The Morgan fingerprint density at radius 2 is 2.46 bits per heavy atom. The number of hydrogen-bond acceptors (Lipinski definition) is 3. The van der Waals surface area contributed by atoms with E-state index in [4.69, 9.17) is 0 Å². The van der Waals surface area contributed by atoms with E-state index in [1.54, 1.807) is 6.92 Å². The Hall–Kier alpha value is -0.0900. The average molecular weight is 217 g/mol. The van der Waals surface area contributed by atoms with Crippen LogP contribution in [-0.4, -0.2) is 28.5 Å². The standard InChI is InChI=1S/C9H15NOS2/c1-8(11)10-7-9(12-2)5-3-4-6-13-9/h3-4H,5-7H2,1-2H3,(H,10,11). The Balaban J connectivity index is 2.48. The van der Waals surface area contributed by atoms with Gasteiger partial charge in [-0.05, 0) is 12.7 Å². The van der Waals surface area contributed by atoms with Crippen LogP contribution in [0.3, 0.4) is 0 Å². The van der Waals surface area contributed by atoms with Crippen molar-refractivity contribution in [1.82, 2.24) is 5.32 Å². The summed E-state index contributed by atoms with van der Waals surface area (Å²) in [6, 6.07) is 0. The lowest BCUT2D eigenvalue weighted by molar-refractivity contribution is -0.118. The first-order valence-electron chi connectivity index (χ1n) is 4.27. The van der Waals surface area contributed by atoms with E-state index in [-0.39, 0.29) is 9.99 Å². The minimum Gasteiger partial charge on any atom is -0.354 e. The van der Waals surface area contributed by atoms with Gasteiger partial charge in [0.1, 0.15) is 0 Å². The van der Waals surface area contributed by atoms with E-state index in [0.29, 0.717) is 0 Å². The van der Waals surface area contributed by atoms with Crippen molar-refractivity contribution in [2.45, 2.75) is 17.4 Å². The van der Waals surface area contributed by atoms with E-state index in [1.165, 1.54) is 0 Å². The second-order valence-electron chi connectivity index (χ2n) is 3.01. The Bertz CT molecular complexity index is 218. The lowest BCUT2D eigenvalue weighted by Crippen LogP contribution is -2.37. The molecule has 0 spiro atoms. The molecule has 0 radical (unpaired) electrons. The summed E-state index contributed by atoms with van der Waals surface area (Å²) in [5, 5.41) is 2.89. The second kappa shape index (κ2) is 4.96. The highest BCUT2D eigenvalue weighted by Crippen LogP contribution is 2.41. The van der Waals surface area contributed by atoms with E-state index in [2.05, 4.69) is 23.7 Å². The summed E-state index contributed by atoms with van der Waals surface area (Å²) in [5.74, 6) is 1.11. The van der Waals surface area contributed by atoms with Crippen LogP contribution in [0.15, 0.2) is 12.2 Å². The maximum Gasteiger partial charge on any atom is 0.216 e. The zero-order valence-corrected chi connectivity index (χ0v) is 9.63. The third kappa shape index (κ3) is 3.27. The summed E-state index contributed by atoms with van der Waals surface area (Å²) in [5.41, 5.74) is 0. The van der Waals surface area contributed by atoms with Crippen LogP contribution in [-0.2, 0) is 4.79 Å². The maximum absolute atomic E-state index is 10.8. The number of nitrogens with one attached hydrogen (secondary N) is 1. The molecule has 1 aliphatic heterocycles. The van der Waals surface area contributed by atoms with Crippen LogP contribution in [0, 0.1) is 0 Å². The minimum atomic E-state index is 0.0589. The van der Waals surface area contributed by atoms with Crippen LogP contribution in [0.5, 0.6) is 0 Å². The molecule has 0 aliphatic carbocycles. The van der Waals surface area contributed by atoms with E-state index in [0.717, 1.165) is 18.7 Å². The Kier molecular flexibility index (Phi) is 4.19. The Morgan fingerprint density at radius 1 is 1.69 bits per heavy atom. The largest absolute Gasteiger partial charge is 0.354 e. The van der Waals surface area contributed by atoms with Gasteiger partial charge in [0, 0.05) is 19.2 Å². The Labute approximate surface area is 87.9 Å². The van der Waals surface area contributed by atoms with Gasteiger partial charge in [-0.2, -0.15) is 0 Å². The monoisotopic (exact) mass is 217 g/mol. The average Bonchev–Trinajstić information content (AvgIpc) is 2.16. The Morgan fingerprint density at radius 3 is 2.92 bits per heavy atom. The topological polar surface area (TPSA) is 29.1 Å². The summed E-state index contributed by atoms with van der Waals surface area (Å²) < 4.78 is 0.167. The number of carbonyl (C=O) groups is 1. The predicted molar refractivity (Wildman–Crippen MR) is 61.1 cm³/mol. The molecule has 1 unspecified atom stereocenters. The molecule has 74 valence electrons. The van der Waals surface area contributed by atoms with Crippen LogP contribution >= 0.6 is 23.5 Å². The van der Waals surface area contributed by atoms with Gasteiger partial charge < -0.3 is 5.32 Å². The number of rotatable bonds is 3. The SMILES string of the molecule is CSC1(CNC(C)=O)CC=CCS1. The van der Waals surface area contributed by atoms with Gasteiger partial charge in [-0.3, -0.25) is 4.79 Å². The molecule has 0 fully saturated rings. The maximum atomic E-state index is 10.8. The van der Waals surface area contributed by atoms with Crippen LogP contribution in [0.2, 0.25) is 0 Å². The number of amides is 1. The van der Waals surface area contributed by atoms with Gasteiger partial charge in [0.05, 0.1) is 4.08 Å². The zero-order valence-electron chi connectivity index (χ0n) is 8.00. The lowest BCUT2D eigenvalue weighted by atomic mass is 10.2. The van der Waals surface area contributed by atoms with Crippen LogP contribution in [0.25, 0.3) is 0 Å². The highest BCUT2D eigenvalue weighted by atomic mass is 32.2. The quantitative estimate of drug-likeness (QED) is 0.732. The molecule has 4 heteroatoms. The molecule has 0 aromatic heterocycles. The van der Waals surface area contributed by atoms with Crippen molar-refractivity contribution >= 4 is 29.4 Å². The summed E-state index contributed by atoms with van der Waals surface area (Å²) in [4.78, 5) is 10.8. The highest BCUT2D eigenvalue weighted by Gasteiger charge is 2.29. The number of hydrogen-bond donors (Lipinski definition) is 1. The molecule has 2 nitrogen and oxygen atoms in total. The molecular formula is C9H15NOS2. The molecule has 0 aromatic carbocycles. The number of allylic oxidation sites excluding steroid dienone is 1. The molecule has 1 amide bonds. The molecule has 1 N–H and O–H groups in total. The first-order valence-corrected chi connectivity index (χ1v) is 6.48. The summed E-state index contributed by atoms with van der Waals surface area (Å²) in [7, 11) is 0. The van der Waals surface area contributed by atoms with Gasteiger partial charge >= 0.3 is 0 Å². The molecule has 1 rings (SSSR count). The third-order valence-corrected chi connectivity index (χ3v) is 5.12. The molecule has 1 heterocycles. The summed E-state index contributed by atoms with van der Waals surface area (Å²) >= 11 is 3.75. The van der Waals surface area contributed by atoms with Gasteiger partial charge in [0.2, 0.25) is 5.91 Å². The van der Waals surface area contributed by atoms with Crippen molar-refractivity contribution in [3.8, 4) is 0 Å². The van der Waals surface area contributed by atoms with Gasteiger partial charge in [0.15, 0.2) is 0 Å². The lowest BCUT2D eigenvalue weighted by Gasteiger charge is -2.32. The summed E-state index contributed by atoms with van der Waals surface area (Å²) in [6.07, 6.45) is 7.54. The number of thioether (sulfide) groups is 2. The predicted octanol–water partition coefficient (Wildman–Crippen LogP) is 1.87. The molecule has 0 saturated heterocycles. The molecule has 0 bridgehead atoms. The van der Waals surface area contributed by atoms with Crippen molar-refractivity contribution in [3.05, 3.63) is 12.2 Å². The third-order valence-electron chi connectivity index (χ3n) is 2.02. The van der Waals surface area contributed by atoms with Crippen molar-refractivity contribution in [2.24, 2.45) is 0 Å². The highest BCUT2D eigenvalue weighted by molar-refractivity contribution is 8.18. The van der Waals surface area contributed by atoms with Gasteiger partial charge in [-0.25, -0.2) is 0 Å². The number of carbonyl (C=O) groups excluding carboxylic acids is 1. The first-order chi connectivity index (χ1) is 6.18. The van der Waals surface area contributed by atoms with E-state index in [1.807, 2.05) is 23.5 Å². The fraction of sp³-hybridized carbons (Fsp3) is 0.667. The van der Waals surface area contributed by atoms with Crippen molar-refractivity contribution in [1.29, 1.82) is 0 Å². The molecular weight excluding hydrogens is 202 g/mol. The fourth-order valence-corrected chi connectivity index (χ4v) is 3.27. The summed E-state index contributed by atoms with van der Waals surface area (Å²) in [6.45, 7) is 2.33. The smallest absolute Gasteiger partial charge is 0.216 e. The van der Waals surface area contributed by atoms with Crippen molar-refractivity contribution < 1.29 is 4.79 Å². The van der Waals surface area contributed by atoms with Gasteiger partial charge in [0.25, 0.3) is 0 Å². The fourth-order valence-electron chi connectivity index (χ4n) is 1.19. The van der Waals surface area contributed by atoms with Crippen LogP contribution in [0.1, 0.15) is 13.3 Å². The van der Waals surface area contributed by atoms with Gasteiger partial charge in [-0.15, -0.1) is 23.5 Å². The van der Waals surface area contributed by atoms with Crippen LogP contribution in [0.4, 0.5) is 0 Å². The molecule has 0 aromatic rings. The minimum absolute atomic E-state index is 0.0589. The first kappa shape index (κ1) is 11.0. The van der Waals surface area contributed by atoms with Crippen molar-refractivity contribution in [2.75, 3.05) is 18.6 Å². The van der Waals surface area contributed by atoms with E-state index < -0.39 is 0 Å². The normalized spacial score (nSPS) is 27.2. The molecule has 1 atom stereocenters. The second-order valence-corrected chi connectivity index (χ2v) is 5.86. The molecule has 0 saturated carbocycles. The van der Waals surface area contributed by atoms with Crippen LogP contribution < -0.4 is 5.32 Å². The molecule has 13 heavy (non-hydrogen) atoms. The van der Waals surface area contributed by atoms with E-state index in [9.17, 15) is 4.79 Å². The van der Waals surface area contributed by atoms with Gasteiger partial charge in [-0.1, -0.05) is 12.2 Å². The molecule has 1 aliphatic rings. The van der Waals surface area contributed by atoms with Crippen molar-refractivity contribution in [3.63, 3.8) is 0 Å². The van der Waals surface area contributed by atoms with E-state index >= 15 is 0 Å².